The first kappa shape index (κ1) is 17.8. The SMILES string of the molecule is CC(=O)Oc1ccccc1-c1nc2sc(=Cc3ccc(I)cc3)c(=O)n2n1. The Labute approximate surface area is 171 Å². The Bertz CT molecular complexity index is 1260. The molecular formula is C19H12IN3O3S. The van der Waals surface area contributed by atoms with Crippen LogP contribution < -0.4 is 14.8 Å². The monoisotopic (exact) mass is 489 g/mol. The molecule has 2 aromatic heterocycles. The molecule has 134 valence electrons. The van der Waals surface area contributed by atoms with Gasteiger partial charge in [-0.25, -0.2) is 0 Å². The molecule has 0 N–H and O–H groups in total. The van der Waals surface area contributed by atoms with E-state index in [-0.39, 0.29) is 5.56 Å². The van der Waals surface area contributed by atoms with E-state index in [4.69, 9.17) is 4.74 Å². The molecule has 2 aromatic carbocycles. The van der Waals surface area contributed by atoms with Crippen molar-refractivity contribution in [1.29, 1.82) is 0 Å². The van der Waals surface area contributed by atoms with Gasteiger partial charge in [-0.2, -0.15) is 9.50 Å². The number of nitrogens with zero attached hydrogens (tertiary/aromatic N) is 3. The van der Waals surface area contributed by atoms with Crippen LogP contribution in [0.15, 0.2) is 53.3 Å². The Kier molecular flexibility index (Phi) is 4.75. The highest BCUT2D eigenvalue weighted by molar-refractivity contribution is 14.1. The van der Waals surface area contributed by atoms with Gasteiger partial charge in [-0.05, 0) is 58.5 Å². The molecule has 2 heterocycles. The second-order valence-corrected chi connectivity index (χ2v) is 7.94. The Morgan fingerprint density at radius 1 is 1.19 bits per heavy atom. The molecule has 4 aromatic rings. The number of rotatable bonds is 3. The van der Waals surface area contributed by atoms with E-state index in [1.54, 1.807) is 24.3 Å². The Morgan fingerprint density at radius 2 is 1.93 bits per heavy atom. The van der Waals surface area contributed by atoms with E-state index < -0.39 is 5.97 Å². The van der Waals surface area contributed by atoms with Crippen molar-refractivity contribution in [2.24, 2.45) is 0 Å². The van der Waals surface area contributed by atoms with Crippen LogP contribution in [-0.2, 0) is 4.79 Å². The lowest BCUT2D eigenvalue weighted by molar-refractivity contribution is -0.131. The lowest BCUT2D eigenvalue weighted by Gasteiger charge is -2.04. The molecule has 0 spiro atoms. The standard InChI is InChI=1S/C19H12IN3O3S/c1-11(24)26-15-5-3-2-4-14(15)17-21-19-23(22-17)18(25)16(27-19)10-12-6-8-13(20)9-7-12/h2-10H,1H3. The number of ether oxygens (including phenoxy) is 1. The van der Waals surface area contributed by atoms with Crippen molar-refractivity contribution in [2.75, 3.05) is 0 Å². The molecule has 6 nitrogen and oxygen atoms in total. The first-order valence-electron chi connectivity index (χ1n) is 7.96. The molecule has 0 aliphatic rings. The lowest BCUT2D eigenvalue weighted by Crippen LogP contribution is -2.23. The van der Waals surface area contributed by atoms with E-state index in [1.807, 2.05) is 30.3 Å². The number of para-hydroxylation sites is 1. The highest BCUT2D eigenvalue weighted by Gasteiger charge is 2.16. The predicted octanol–water partition coefficient (Wildman–Crippen LogP) is 2.90. The number of hydrogen-bond acceptors (Lipinski definition) is 6. The summed E-state index contributed by atoms with van der Waals surface area (Å²) in [7, 11) is 0. The number of hydrogen-bond donors (Lipinski definition) is 0. The maximum absolute atomic E-state index is 12.7. The van der Waals surface area contributed by atoms with Crippen molar-refractivity contribution in [3.63, 3.8) is 0 Å². The van der Waals surface area contributed by atoms with Gasteiger partial charge >= 0.3 is 5.97 Å². The van der Waals surface area contributed by atoms with Crippen LogP contribution >= 0.6 is 33.9 Å². The van der Waals surface area contributed by atoms with Crippen molar-refractivity contribution in [1.82, 2.24) is 14.6 Å². The zero-order valence-corrected chi connectivity index (χ0v) is 17.0. The minimum atomic E-state index is -0.428. The number of esters is 1. The van der Waals surface area contributed by atoms with Gasteiger partial charge in [0.05, 0.1) is 10.1 Å². The minimum absolute atomic E-state index is 0.225. The fourth-order valence-electron chi connectivity index (χ4n) is 2.55. The van der Waals surface area contributed by atoms with Gasteiger partial charge in [0.25, 0.3) is 5.56 Å². The van der Waals surface area contributed by atoms with Gasteiger partial charge in [-0.3, -0.25) is 9.59 Å². The summed E-state index contributed by atoms with van der Waals surface area (Å²) in [5, 5.41) is 4.32. The molecule has 0 amide bonds. The second kappa shape index (κ2) is 7.20. The van der Waals surface area contributed by atoms with Crippen molar-refractivity contribution >= 4 is 50.9 Å². The normalized spacial score (nSPS) is 11.9. The average molecular weight is 489 g/mol. The Balaban J connectivity index is 1.79. The van der Waals surface area contributed by atoms with Gasteiger partial charge < -0.3 is 4.74 Å². The zero-order chi connectivity index (χ0) is 19.0. The fraction of sp³-hybridized carbons (Fsp3) is 0.0526. The molecule has 8 heteroatoms. The summed E-state index contributed by atoms with van der Waals surface area (Å²) < 4.78 is 8.18. The van der Waals surface area contributed by atoms with E-state index >= 15 is 0 Å². The first-order chi connectivity index (χ1) is 13.0. The van der Waals surface area contributed by atoms with E-state index in [0.29, 0.717) is 26.6 Å². The van der Waals surface area contributed by atoms with Crippen molar-refractivity contribution < 1.29 is 9.53 Å². The van der Waals surface area contributed by atoms with Gasteiger partial charge in [0.15, 0.2) is 5.82 Å². The molecule has 0 saturated heterocycles. The number of thiazole rings is 1. The van der Waals surface area contributed by atoms with Crippen LogP contribution in [-0.4, -0.2) is 20.6 Å². The maximum atomic E-state index is 12.7. The second-order valence-electron chi connectivity index (χ2n) is 5.69. The molecular weight excluding hydrogens is 477 g/mol. The number of benzene rings is 2. The lowest BCUT2D eigenvalue weighted by atomic mass is 10.2. The molecule has 0 aliphatic carbocycles. The van der Waals surface area contributed by atoms with Gasteiger partial charge in [0.2, 0.25) is 4.96 Å². The molecule has 0 fully saturated rings. The summed E-state index contributed by atoms with van der Waals surface area (Å²) in [6.07, 6.45) is 1.83. The highest BCUT2D eigenvalue weighted by atomic mass is 127. The molecule has 27 heavy (non-hydrogen) atoms. The van der Waals surface area contributed by atoms with Crippen molar-refractivity contribution in [3.8, 4) is 17.1 Å². The third-order valence-corrected chi connectivity index (χ3v) is 5.41. The molecule has 0 radical (unpaired) electrons. The van der Waals surface area contributed by atoms with Crippen LogP contribution in [0, 0.1) is 3.57 Å². The third kappa shape index (κ3) is 3.62. The predicted molar refractivity (Wildman–Crippen MR) is 112 cm³/mol. The molecule has 0 atom stereocenters. The van der Waals surface area contributed by atoms with Crippen molar-refractivity contribution in [2.45, 2.75) is 6.92 Å². The van der Waals surface area contributed by atoms with Crippen LogP contribution in [0.5, 0.6) is 5.75 Å². The molecule has 4 rings (SSSR count). The molecule has 0 aliphatic heterocycles. The van der Waals surface area contributed by atoms with Gasteiger partial charge in [-0.1, -0.05) is 35.6 Å². The quantitative estimate of drug-likeness (QED) is 0.252. The van der Waals surface area contributed by atoms with E-state index in [9.17, 15) is 9.59 Å². The van der Waals surface area contributed by atoms with Gasteiger partial charge in [0.1, 0.15) is 5.75 Å². The maximum Gasteiger partial charge on any atom is 0.308 e. The summed E-state index contributed by atoms with van der Waals surface area (Å²) in [4.78, 5) is 28.9. The van der Waals surface area contributed by atoms with Gasteiger partial charge in [-0.15, -0.1) is 5.10 Å². The largest absolute Gasteiger partial charge is 0.426 e. The highest BCUT2D eigenvalue weighted by Crippen LogP contribution is 2.27. The van der Waals surface area contributed by atoms with Crippen LogP contribution in [0.3, 0.4) is 0 Å². The minimum Gasteiger partial charge on any atom is -0.426 e. The first-order valence-corrected chi connectivity index (χ1v) is 9.85. The Morgan fingerprint density at radius 3 is 2.63 bits per heavy atom. The molecule has 0 unspecified atom stereocenters. The Hall–Kier alpha value is -2.59. The van der Waals surface area contributed by atoms with E-state index in [1.165, 1.54) is 22.8 Å². The number of fused-ring (bicyclic) bond motifs is 1. The van der Waals surface area contributed by atoms with Crippen molar-refractivity contribution in [3.05, 3.63) is 72.6 Å². The number of carbonyl (C=O) groups excluding carboxylic acids is 1. The van der Waals surface area contributed by atoms with Crippen LogP contribution in [0.1, 0.15) is 12.5 Å². The zero-order valence-electron chi connectivity index (χ0n) is 14.0. The molecule has 0 bridgehead atoms. The van der Waals surface area contributed by atoms with Crippen LogP contribution in [0.4, 0.5) is 0 Å². The van der Waals surface area contributed by atoms with E-state index in [0.717, 1.165) is 9.13 Å². The number of carbonyl (C=O) groups is 1. The van der Waals surface area contributed by atoms with Crippen LogP contribution in [0.2, 0.25) is 0 Å². The number of halogens is 1. The average Bonchev–Trinajstić information content (AvgIpc) is 3.17. The fourth-order valence-corrected chi connectivity index (χ4v) is 3.82. The topological polar surface area (TPSA) is 73.6 Å². The summed E-state index contributed by atoms with van der Waals surface area (Å²) in [5.41, 5.74) is 1.28. The number of aromatic nitrogens is 3. The summed E-state index contributed by atoms with van der Waals surface area (Å²) in [5.74, 6) is 0.278. The summed E-state index contributed by atoms with van der Waals surface area (Å²) in [6, 6.07) is 14.9. The van der Waals surface area contributed by atoms with Crippen LogP contribution in [0.25, 0.3) is 22.4 Å². The summed E-state index contributed by atoms with van der Waals surface area (Å²) >= 11 is 3.50. The smallest absolute Gasteiger partial charge is 0.308 e. The summed E-state index contributed by atoms with van der Waals surface area (Å²) in [6.45, 7) is 1.33. The third-order valence-electron chi connectivity index (χ3n) is 3.73. The van der Waals surface area contributed by atoms with E-state index in [2.05, 4.69) is 32.7 Å². The molecule has 0 saturated carbocycles. The van der Waals surface area contributed by atoms with Gasteiger partial charge in [0, 0.05) is 10.5 Å².